The zero-order valence-corrected chi connectivity index (χ0v) is 18.7. The molecule has 1 heterocycles. The van der Waals surface area contributed by atoms with Gasteiger partial charge in [0.1, 0.15) is 5.25 Å². The second-order valence-corrected chi connectivity index (χ2v) is 9.15. The minimum absolute atomic E-state index is 0.00130. The van der Waals surface area contributed by atoms with E-state index in [0.29, 0.717) is 6.54 Å². The number of nitrogens with one attached hydrogen (secondary N) is 1. The summed E-state index contributed by atoms with van der Waals surface area (Å²) < 4.78 is 0. The van der Waals surface area contributed by atoms with Gasteiger partial charge in [-0.2, -0.15) is 0 Å². The number of para-hydroxylation sites is 1. The largest absolute Gasteiger partial charge is 0.353 e. The van der Waals surface area contributed by atoms with Gasteiger partial charge in [0.15, 0.2) is 0 Å². The van der Waals surface area contributed by atoms with E-state index in [4.69, 9.17) is 0 Å². The number of carbonyl (C=O) groups is 2. The third-order valence-corrected chi connectivity index (χ3v) is 7.08. The van der Waals surface area contributed by atoms with Crippen LogP contribution in [0.3, 0.4) is 0 Å². The van der Waals surface area contributed by atoms with Gasteiger partial charge in [0.05, 0.1) is 18.2 Å². The van der Waals surface area contributed by atoms with Gasteiger partial charge in [0.2, 0.25) is 11.8 Å². The highest BCUT2D eigenvalue weighted by Crippen LogP contribution is 2.42. The fourth-order valence-corrected chi connectivity index (χ4v) is 4.76. The summed E-state index contributed by atoms with van der Waals surface area (Å²) in [5.41, 5.74) is 4.40. The van der Waals surface area contributed by atoms with Gasteiger partial charge in [-0.3, -0.25) is 9.59 Å². The number of rotatable bonds is 6. The van der Waals surface area contributed by atoms with Crippen LogP contribution in [-0.2, 0) is 16.1 Å². The average molecular weight is 411 g/mol. The first-order valence-corrected chi connectivity index (χ1v) is 11.1. The Kier molecular flexibility index (Phi) is 6.68. The van der Waals surface area contributed by atoms with Crippen LogP contribution in [-0.4, -0.2) is 23.1 Å². The number of carbonyl (C=O) groups excluding carboxylic acids is 2. The predicted octanol–water partition coefficient (Wildman–Crippen LogP) is 4.86. The van der Waals surface area contributed by atoms with E-state index in [9.17, 15) is 9.59 Å². The number of benzene rings is 2. The molecular formula is C24H30N2O2S. The average Bonchev–Trinajstić information content (AvgIpc) is 2.71. The highest BCUT2D eigenvalue weighted by Gasteiger charge is 2.39. The molecule has 0 spiro atoms. The first kappa shape index (κ1) is 21.4. The van der Waals surface area contributed by atoms with E-state index >= 15 is 0 Å². The molecule has 29 heavy (non-hydrogen) atoms. The molecule has 3 atom stereocenters. The first-order valence-electron chi connectivity index (χ1n) is 10.2. The van der Waals surface area contributed by atoms with E-state index in [0.717, 1.165) is 22.6 Å². The minimum atomic E-state index is -0.431. The Labute approximate surface area is 178 Å². The number of hydrogen-bond acceptors (Lipinski definition) is 3. The SMILES string of the molecule is CC[C@H](C)NC(=O)[C@H](C)[C@@H]1Sc2ccccc2N(Cc2cc(C)ccc2C)C1=O. The molecular weight excluding hydrogens is 380 g/mol. The summed E-state index contributed by atoms with van der Waals surface area (Å²) in [5, 5.41) is 2.60. The third-order valence-electron chi connectivity index (χ3n) is 5.62. The lowest BCUT2D eigenvalue weighted by Crippen LogP contribution is -2.48. The summed E-state index contributed by atoms with van der Waals surface area (Å²) in [6.45, 7) is 10.5. The fourth-order valence-electron chi connectivity index (χ4n) is 3.47. The third kappa shape index (κ3) is 4.67. The second-order valence-electron chi connectivity index (χ2n) is 7.97. The van der Waals surface area contributed by atoms with E-state index in [2.05, 4.69) is 37.4 Å². The molecule has 0 fully saturated rings. The number of amides is 2. The van der Waals surface area contributed by atoms with Crippen molar-refractivity contribution >= 4 is 29.3 Å². The van der Waals surface area contributed by atoms with Crippen LogP contribution in [0.5, 0.6) is 0 Å². The quantitative estimate of drug-likeness (QED) is 0.740. The van der Waals surface area contributed by atoms with Gasteiger partial charge in [-0.25, -0.2) is 0 Å². The van der Waals surface area contributed by atoms with Crippen LogP contribution < -0.4 is 10.2 Å². The Bertz CT molecular complexity index is 912. The van der Waals surface area contributed by atoms with Crippen molar-refractivity contribution in [2.45, 2.75) is 63.8 Å². The lowest BCUT2D eigenvalue weighted by Gasteiger charge is -2.36. The lowest BCUT2D eigenvalue weighted by molar-refractivity contribution is -0.128. The normalized spacial score (nSPS) is 18.2. The molecule has 2 aromatic carbocycles. The molecule has 0 aliphatic carbocycles. The second kappa shape index (κ2) is 9.04. The maximum absolute atomic E-state index is 13.5. The Morgan fingerprint density at radius 1 is 1.17 bits per heavy atom. The molecule has 1 aliphatic heterocycles. The first-order chi connectivity index (χ1) is 13.8. The van der Waals surface area contributed by atoms with E-state index in [1.165, 1.54) is 22.9 Å². The Morgan fingerprint density at radius 2 is 1.90 bits per heavy atom. The zero-order valence-electron chi connectivity index (χ0n) is 17.9. The molecule has 1 aliphatic rings. The summed E-state index contributed by atoms with van der Waals surface area (Å²) >= 11 is 1.51. The fraction of sp³-hybridized carbons (Fsp3) is 0.417. The number of fused-ring (bicyclic) bond motifs is 1. The number of nitrogens with zero attached hydrogens (tertiary/aromatic N) is 1. The zero-order chi connectivity index (χ0) is 21.1. The van der Waals surface area contributed by atoms with Gasteiger partial charge in [-0.15, -0.1) is 11.8 Å². The van der Waals surface area contributed by atoms with Crippen molar-refractivity contribution in [3.63, 3.8) is 0 Å². The van der Waals surface area contributed by atoms with Crippen LogP contribution in [0.25, 0.3) is 0 Å². The van der Waals surface area contributed by atoms with Crippen LogP contribution in [0, 0.1) is 19.8 Å². The molecule has 154 valence electrons. The topological polar surface area (TPSA) is 49.4 Å². The van der Waals surface area contributed by atoms with E-state index in [1.54, 1.807) is 0 Å². The number of hydrogen-bond donors (Lipinski definition) is 1. The molecule has 5 heteroatoms. The van der Waals surface area contributed by atoms with E-state index < -0.39 is 11.2 Å². The van der Waals surface area contributed by atoms with Crippen LogP contribution in [0.4, 0.5) is 5.69 Å². The van der Waals surface area contributed by atoms with Crippen molar-refractivity contribution in [2.24, 2.45) is 5.92 Å². The number of thioether (sulfide) groups is 1. The molecule has 0 bridgehead atoms. The maximum atomic E-state index is 13.5. The van der Waals surface area contributed by atoms with Gasteiger partial charge in [0, 0.05) is 10.9 Å². The van der Waals surface area contributed by atoms with Gasteiger partial charge in [0.25, 0.3) is 0 Å². The van der Waals surface area contributed by atoms with Gasteiger partial charge < -0.3 is 10.2 Å². The number of anilines is 1. The molecule has 0 saturated carbocycles. The summed E-state index contributed by atoms with van der Waals surface area (Å²) in [7, 11) is 0. The molecule has 3 rings (SSSR count). The molecule has 1 N–H and O–H groups in total. The Morgan fingerprint density at radius 3 is 2.62 bits per heavy atom. The summed E-state index contributed by atoms with van der Waals surface area (Å²) in [6, 6.07) is 14.4. The summed E-state index contributed by atoms with van der Waals surface area (Å²) in [5.74, 6) is -0.464. The monoisotopic (exact) mass is 410 g/mol. The molecule has 0 unspecified atom stereocenters. The molecule has 2 amide bonds. The smallest absolute Gasteiger partial charge is 0.241 e. The lowest BCUT2D eigenvalue weighted by atomic mass is 10.0. The highest BCUT2D eigenvalue weighted by molar-refractivity contribution is 8.01. The summed E-state index contributed by atoms with van der Waals surface area (Å²) in [4.78, 5) is 29.2. The van der Waals surface area contributed by atoms with Gasteiger partial charge in [-0.05, 0) is 50.5 Å². The van der Waals surface area contributed by atoms with Gasteiger partial charge in [-0.1, -0.05) is 49.7 Å². The molecule has 4 nitrogen and oxygen atoms in total. The number of aryl methyl sites for hydroxylation is 2. The van der Waals surface area contributed by atoms with E-state index in [1.807, 2.05) is 49.9 Å². The van der Waals surface area contributed by atoms with E-state index in [-0.39, 0.29) is 17.9 Å². The van der Waals surface area contributed by atoms with Crippen molar-refractivity contribution in [3.8, 4) is 0 Å². The maximum Gasteiger partial charge on any atom is 0.241 e. The highest BCUT2D eigenvalue weighted by atomic mass is 32.2. The van der Waals surface area contributed by atoms with Crippen molar-refractivity contribution in [1.82, 2.24) is 5.32 Å². The Hall–Kier alpha value is -2.27. The van der Waals surface area contributed by atoms with Gasteiger partial charge >= 0.3 is 0 Å². The summed E-state index contributed by atoms with van der Waals surface area (Å²) in [6.07, 6.45) is 0.867. The van der Waals surface area contributed by atoms with Crippen LogP contribution in [0.2, 0.25) is 0 Å². The Balaban J connectivity index is 1.92. The van der Waals surface area contributed by atoms with Crippen LogP contribution in [0.1, 0.15) is 43.9 Å². The van der Waals surface area contributed by atoms with Crippen LogP contribution in [0.15, 0.2) is 47.4 Å². The van der Waals surface area contributed by atoms with Crippen molar-refractivity contribution in [1.29, 1.82) is 0 Å². The van der Waals surface area contributed by atoms with Crippen molar-refractivity contribution < 1.29 is 9.59 Å². The minimum Gasteiger partial charge on any atom is -0.353 e. The molecule has 2 aromatic rings. The van der Waals surface area contributed by atoms with Crippen molar-refractivity contribution in [3.05, 3.63) is 59.2 Å². The van der Waals surface area contributed by atoms with Crippen molar-refractivity contribution in [2.75, 3.05) is 4.90 Å². The van der Waals surface area contributed by atoms with Crippen LogP contribution >= 0.6 is 11.8 Å². The molecule has 0 saturated heterocycles. The molecule has 0 aromatic heterocycles. The molecule has 0 radical (unpaired) electrons. The predicted molar refractivity (Wildman–Crippen MR) is 120 cm³/mol. The standard InChI is InChI=1S/C24H30N2O2S/c1-6-17(4)25-23(27)18(5)22-24(28)26(20-9-7-8-10-21(20)29-22)14-19-13-15(2)11-12-16(19)3/h7-13,17-18,22H,6,14H2,1-5H3,(H,25,27)/t17-,18+,22-/m0/s1.